The molecule has 1 N–H and O–H groups in total. The van der Waals surface area contributed by atoms with Gasteiger partial charge in [-0.1, -0.05) is 46.9 Å². The van der Waals surface area contributed by atoms with Gasteiger partial charge in [0.15, 0.2) is 5.75 Å². The number of amides is 1. The smallest absolute Gasteiger partial charge is 0.251 e. The lowest BCUT2D eigenvalue weighted by atomic mass is 10.1. The molecule has 0 bridgehead atoms. The molecule has 0 spiro atoms. The molecule has 0 unspecified atom stereocenters. The van der Waals surface area contributed by atoms with Crippen molar-refractivity contribution >= 4 is 40.7 Å². The minimum absolute atomic E-state index is 0.134. The van der Waals surface area contributed by atoms with Gasteiger partial charge in [0.25, 0.3) is 5.91 Å². The Labute approximate surface area is 178 Å². The van der Waals surface area contributed by atoms with E-state index in [2.05, 4.69) is 10.4 Å². The Hall–Kier alpha value is -2.21. The molecule has 0 aliphatic carbocycles. The van der Waals surface area contributed by atoms with E-state index in [1.807, 2.05) is 29.1 Å². The minimum Gasteiger partial charge on any atom is -0.486 e. The molecule has 1 amide bonds. The number of carbonyl (C=O) groups is 1. The summed E-state index contributed by atoms with van der Waals surface area (Å²) in [7, 11) is 0. The molecule has 0 aliphatic rings. The van der Waals surface area contributed by atoms with Gasteiger partial charge in [-0.25, -0.2) is 0 Å². The maximum atomic E-state index is 12.3. The Balaban J connectivity index is 1.54. The van der Waals surface area contributed by atoms with Crippen molar-refractivity contribution in [1.82, 2.24) is 15.1 Å². The molecule has 1 heterocycles. The van der Waals surface area contributed by atoms with Crippen molar-refractivity contribution in [2.24, 2.45) is 0 Å². The van der Waals surface area contributed by atoms with Gasteiger partial charge in [0.05, 0.1) is 10.0 Å². The molecule has 1 aromatic heterocycles. The SMILES string of the molecule is O=C(NCCCn1cccn1)c1cccc(COc2c(Cl)cc(Cl)cc2Cl)c1. The molecule has 0 saturated carbocycles. The Bertz CT molecular complexity index is 923. The first kappa shape index (κ1) is 20.5. The zero-order chi connectivity index (χ0) is 19.9. The average Bonchev–Trinajstić information content (AvgIpc) is 3.18. The molecule has 0 aliphatic heterocycles. The van der Waals surface area contributed by atoms with E-state index in [0.29, 0.717) is 32.9 Å². The van der Waals surface area contributed by atoms with Crippen molar-refractivity contribution in [3.63, 3.8) is 0 Å². The molecular formula is C20H18Cl3N3O2. The van der Waals surface area contributed by atoms with E-state index in [-0.39, 0.29) is 12.5 Å². The molecule has 0 saturated heterocycles. The maximum Gasteiger partial charge on any atom is 0.251 e. The quantitative estimate of drug-likeness (QED) is 0.489. The van der Waals surface area contributed by atoms with E-state index in [9.17, 15) is 4.79 Å². The third-order valence-electron chi connectivity index (χ3n) is 3.94. The predicted molar refractivity (Wildman–Crippen MR) is 111 cm³/mol. The van der Waals surface area contributed by atoms with Crippen molar-refractivity contribution in [2.75, 3.05) is 6.54 Å². The highest BCUT2D eigenvalue weighted by molar-refractivity contribution is 6.40. The monoisotopic (exact) mass is 437 g/mol. The van der Waals surface area contributed by atoms with Crippen LogP contribution in [0.3, 0.4) is 0 Å². The first-order valence-electron chi connectivity index (χ1n) is 8.65. The summed E-state index contributed by atoms with van der Waals surface area (Å²) >= 11 is 18.2. The van der Waals surface area contributed by atoms with Gasteiger partial charge < -0.3 is 10.1 Å². The maximum absolute atomic E-state index is 12.3. The van der Waals surface area contributed by atoms with Gasteiger partial charge in [-0.3, -0.25) is 9.48 Å². The van der Waals surface area contributed by atoms with Gasteiger partial charge in [0.2, 0.25) is 0 Å². The number of nitrogens with one attached hydrogen (secondary N) is 1. The van der Waals surface area contributed by atoms with Crippen LogP contribution in [0.15, 0.2) is 54.9 Å². The summed E-state index contributed by atoms with van der Waals surface area (Å²) < 4.78 is 7.55. The third kappa shape index (κ3) is 5.64. The molecule has 146 valence electrons. The Morgan fingerprint density at radius 2 is 1.89 bits per heavy atom. The fraction of sp³-hybridized carbons (Fsp3) is 0.200. The summed E-state index contributed by atoms with van der Waals surface area (Å²) in [6.07, 6.45) is 4.42. The van der Waals surface area contributed by atoms with Crippen LogP contribution in [0.1, 0.15) is 22.3 Å². The molecule has 3 aromatic rings. The van der Waals surface area contributed by atoms with Crippen molar-refractivity contribution < 1.29 is 9.53 Å². The van der Waals surface area contributed by atoms with E-state index in [4.69, 9.17) is 39.5 Å². The van der Waals surface area contributed by atoms with Gasteiger partial charge in [-0.15, -0.1) is 0 Å². The molecule has 3 rings (SSSR count). The van der Waals surface area contributed by atoms with E-state index in [1.165, 1.54) is 0 Å². The molecule has 28 heavy (non-hydrogen) atoms. The van der Waals surface area contributed by atoms with Gasteiger partial charge in [-0.05, 0) is 42.3 Å². The lowest BCUT2D eigenvalue weighted by Crippen LogP contribution is -2.25. The third-order valence-corrected chi connectivity index (χ3v) is 4.72. The van der Waals surface area contributed by atoms with Crippen LogP contribution in [0.2, 0.25) is 15.1 Å². The lowest BCUT2D eigenvalue weighted by Gasteiger charge is -2.11. The Morgan fingerprint density at radius 3 is 2.61 bits per heavy atom. The topological polar surface area (TPSA) is 56.2 Å². The summed E-state index contributed by atoms with van der Waals surface area (Å²) in [5.41, 5.74) is 1.39. The first-order chi connectivity index (χ1) is 13.5. The second-order valence-electron chi connectivity index (χ2n) is 6.07. The fourth-order valence-corrected chi connectivity index (χ4v) is 3.53. The number of carbonyl (C=O) groups excluding carboxylic acids is 1. The van der Waals surface area contributed by atoms with Crippen LogP contribution in [0.5, 0.6) is 5.75 Å². The van der Waals surface area contributed by atoms with Crippen molar-refractivity contribution in [1.29, 1.82) is 0 Å². The molecule has 2 aromatic carbocycles. The van der Waals surface area contributed by atoms with Crippen molar-refractivity contribution in [3.05, 3.63) is 81.1 Å². The van der Waals surface area contributed by atoms with Crippen LogP contribution in [0.4, 0.5) is 0 Å². The standard InChI is InChI=1S/C20H18Cl3N3O2/c21-16-11-17(22)19(18(23)12-16)28-13-14-4-1-5-15(10-14)20(27)24-6-2-8-26-9-3-7-25-26/h1,3-5,7,9-12H,2,6,8,13H2,(H,24,27). The summed E-state index contributed by atoms with van der Waals surface area (Å²) in [6, 6.07) is 12.2. The number of hydrogen-bond acceptors (Lipinski definition) is 3. The summed E-state index contributed by atoms with van der Waals surface area (Å²) in [6.45, 7) is 1.54. The second-order valence-corrected chi connectivity index (χ2v) is 7.32. The number of ether oxygens (including phenoxy) is 1. The van der Waals surface area contributed by atoms with Crippen LogP contribution in [-0.2, 0) is 13.2 Å². The van der Waals surface area contributed by atoms with E-state index in [0.717, 1.165) is 18.5 Å². The van der Waals surface area contributed by atoms with Crippen LogP contribution in [-0.4, -0.2) is 22.2 Å². The number of benzene rings is 2. The largest absolute Gasteiger partial charge is 0.486 e. The highest BCUT2D eigenvalue weighted by atomic mass is 35.5. The number of rotatable bonds is 8. The number of halogens is 3. The second kappa shape index (κ2) is 9.82. The summed E-state index contributed by atoms with van der Waals surface area (Å²) in [5, 5.41) is 8.15. The van der Waals surface area contributed by atoms with Crippen LogP contribution in [0.25, 0.3) is 0 Å². The molecule has 0 atom stereocenters. The lowest BCUT2D eigenvalue weighted by molar-refractivity contribution is 0.0952. The van der Waals surface area contributed by atoms with Crippen LogP contribution in [0, 0.1) is 0 Å². The number of nitrogens with zero attached hydrogens (tertiary/aromatic N) is 2. The molecule has 5 nitrogen and oxygen atoms in total. The molecular weight excluding hydrogens is 421 g/mol. The van der Waals surface area contributed by atoms with E-state index in [1.54, 1.807) is 30.5 Å². The zero-order valence-electron chi connectivity index (χ0n) is 14.9. The van der Waals surface area contributed by atoms with Crippen molar-refractivity contribution in [3.8, 4) is 5.75 Å². The highest BCUT2D eigenvalue weighted by Gasteiger charge is 2.11. The first-order valence-corrected chi connectivity index (χ1v) is 9.78. The van der Waals surface area contributed by atoms with Crippen LogP contribution < -0.4 is 10.1 Å². The van der Waals surface area contributed by atoms with Crippen molar-refractivity contribution in [2.45, 2.75) is 19.6 Å². The normalized spacial score (nSPS) is 10.7. The Kier molecular flexibility index (Phi) is 7.20. The van der Waals surface area contributed by atoms with Gasteiger partial charge in [-0.2, -0.15) is 5.10 Å². The number of hydrogen-bond donors (Lipinski definition) is 1. The fourth-order valence-electron chi connectivity index (χ4n) is 2.60. The zero-order valence-corrected chi connectivity index (χ0v) is 17.1. The van der Waals surface area contributed by atoms with Crippen LogP contribution >= 0.6 is 34.8 Å². The predicted octanol–water partition coefficient (Wildman–Crippen LogP) is 5.24. The summed E-state index contributed by atoms with van der Waals surface area (Å²) in [4.78, 5) is 12.3. The van der Waals surface area contributed by atoms with E-state index < -0.39 is 0 Å². The van der Waals surface area contributed by atoms with Gasteiger partial charge in [0.1, 0.15) is 6.61 Å². The van der Waals surface area contributed by atoms with Gasteiger partial charge in [0, 0.05) is 36.1 Å². The van der Waals surface area contributed by atoms with E-state index >= 15 is 0 Å². The molecule has 8 heteroatoms. The molecule has 0 fully saturated rings. The average molecular weight is 439 g/mol. The summed E-state index contributed by atoms with van der Waals surface area (Å²) in [5.74, 6) is 0.228. The highest BCUT2D eigenvalue weighted by Crippen LogP contribution is 2.36. The Morgan fingerprint density at radius 1 is 1.11 bits per heavy atom. The number of aromatic nitrogens is 2. The number of aryl methyl sites for hydroxylation is 1. The van der Waals surface area contributed by atoms with Gasteiger partial charge >= 0.3 is 0 Å². The molecule has 0 radical (unpaired) electrons. The minimum atomic E-state index is -0.134.